The summed E-state index contributed by atoms with van der Waals surface area (Å²) in [4.78, 5) is 11.4. The molecule has 0 amide bonds. The molecule has 1 unspecified atom stereocenters. The van der Waals surface area contributed by atoms with E-state index in [2.05, 4.69) is 12.2 Å². The summed E-state index contributed by atoms with van der Waals surface area (Å²) in [6.45, 7) is 2.96. The second-order valence-electron chi connectivity index (χ2n) is 3.72. The van der Waals surface area contributed by atoms with Crippen LogP contribution in [-0.4, -0.2) is 22.2 Å². The number of aromatic nitrogens is 2. The predicted molar refractivity (Wildman–Crippen MR) is 57.4 cm³/mol. The molecule has 4 nitrogen and oxygen atoms in total. The molecule has 0 aliphatic carbocycles. The van der Waals surface area contributed by atoms with E-state index in [-0.39, 0.29) is 5.69 Å². The first-order chi connectivity index (χ1) is 6.65. The lowest BCUT2D eigenvalue weighted by Crippen LogP contribution is -2.24. The highest BCUT2D eigenvalue weighted by atomic mass is 16.1. The zero-order chi connectivity index (χ0) is 10.6. The van der Waals surface area contributed by atoms with E-state index in [0.29, 0.717) is 6.04 Å². The summed E-state index contributed by atoms with van der Waals surface area (Å²) >= 11 is 0. The molecule has 1 N–H and O–H groups in total. The SMILES string of the molecule is CNC(C)CCCn1ccn(C)c1=O. The molecule has 0 spiro atoms. The van der Waals surface area contributed by atoms with Gasteiger partial charge in [-0.3, -0.25) is 4.57 Å². The Hall–Kier alpha value is -1.03. The fourth-order valence-corrected chi connectivity index (χ4v) is 1.39. The number of rotatable bonds is 5. The van der Waals surface area contributed by atoms with Crippen molar-refractivity contribution in [1.82, 2.24) is 14.5 Å². The van der Waals surface area contributed by atoms with Crippen molar-refractivity contribution in [2.24, 2.45) is 7.05 Å². The maximum Gasteiger partial charge on any atom is 0.327 e. The fraction of sp³-hybridized carbons (Fsp3) is 0.700. The summed E-state index contributed by atoms with van der Waals surface area (Å²) in [5.74, 6) is 0. The van der Waals surface area contributed by atoms with Gasteiger partial charge in [0, 0.05) is 32.0 Å². The highest BCUT2D eigenvalue weighted by molar-refractivity contribution is 4.79. The van der Waals surface area contributed by atoms with Crippen molar-refractivity contribution in [3.63, 3.8) is 0 Å². The van der Waals surface area contributed by atoms with E-state index in [9.17, 15) is 4.79 Å². The highest BCUT2D eigenvalue weighted by Gasteiger charge is 2.01. The zero-order valence-electron chi connectivity index (χ0n) is 9.16. The summed E-state index contributed by atoms with van der Waals surface area (Å²) < 4.78 is 3.35. The van der Waals surface area contributed by atoms with Crippen LogP contribution >= 0.6 is 0 Å². The van der Waals surface area contributed by atoms with Crippen molar-refractivity contribution < 1.29 is 0 Å². The molecule has 1 aromatic rings. The van der Waals surface area contributed by atoms with Gasteiger partial charge in [0.1, 0.15) is 0 Å². The maximum absolute atomic E-state index is 11.4. The van der Waals surface area contributed by atoms with Crippen molar-refractivity contribution in [2.75, 3.05) is 7.05 Å². The standard InChI is InChI=1S/C10H19N3O/c1-9(11-2)5-4-6-13-8-7-12(3)10(13)14/h7-9,11H,4-6H2,1-3H3. The van der Waals surface area contributed by atoms with Gasteiger partial charge in [0.25, 0.3) is 0 Å². The third-order valence-electron chi connectivity index (χ3n) is 2.55. The molecule has 1 heterocycles. The van der Waals surface area contributed by atoms with Crippen molar-refractivity contribution >= 4 is 0 Å². The molecular weight excluding hydrogens is 178 g/mol. The van der Waals surface area contributed by atoms with Crippen LogP contribution < -0.4 is 11.0 Å². The minimum Gasteiger partial charge on any atom is -0.317 e. The predicted octanol–water partition coefficient (Wildman–Crippen LogP) is 0.575. The average molecular weight is 197 g/mol. The molecule has 0 aromatic carbocycles. The van der Waals surface area contributed by atoms with Crippen molar-refractivity contribution in [2.45, 2.75) is 32.4 Å². The molecule has 1 aromatic heterocycles. The summed E-state index contributed by atoms with van der Waals surface area (Å²) in [6, 6.07) is 0.523. The van der Waals surface area contributed by atoms with E-state index < -0.39 is 0 Å². The second kappa shape index (κ2) is 5.00. The Morgan fingerprint density at radius 1 is 1.50 bits per heavy atom. The van der Waals surface area contributed by atoms with Crippen molar-refractivity contribution in [1.29, 1.82) is 0 Å². The molecule has 14 heavy (non-hydrogen) atoms. The number of imidazole rings is 1. The summed E-state index contributed by atoms with van der Waals surface area (Å²) in [6.07, 6.45) is 5.76. The highest BCUT2D eigenvalue weighted by Crippen LogP contribution is 1.97. The van der Waals surface area contributed by atoms with Crippen LogP contribution in [0, 0.1) is 0 Å². The summed E-state index contributed by atoms with van der Waals surface area (Å²) in [7, 11) is 3.73. The first-order valence-electron chi connectivity index (χ1n) is 5.04. The fourth-order valence-electron chi connectivity index (χ4n) is 1.39. The molecular formula is C10H19N3O. The van der Waals surface area contributed by atoms with Crippen molar-refractivity contribution in [3.8, 4) is 0 Å². The van der Waals surface area contributed by atoms with Gasteiger partial charge in [-0.25, -0.2) is 4.79 Å². The quantitative estimate of drug-likeness (QED) is 0.749. The van der Waals surface area contributed by atoms with Gasteiger partial charge in [0.2, 0.25) is 0 Å². The Labute approximate surface area is 84.5 Å². The van der Waals surface area contributed by atoms with Crippen molar-refractivity contribution in [3.05, 3.63) is 22.9 Å². The Bertz CT molecular complexity index is 326. The molecule has 0 aliphatic rings. The minimum atomic E-state index is 0.0714. The minimum absolute atomic E-state index is 0.0714. The van der Waals surface area contributed by atoms with Gasteiger partial charge in [-0.1, -0.05) is 0 Å². The van der Waals surface area contributed by atoms with Crippen LogP contribution in [0.4, 0.5) is 0 Å². The van der Waals surface area contributed by atoms with E-state index in [1.807, 2.05) is 13.2 Å². The molecule has 0 fully saturated rings. The molecule has 0 saturated heterocycles. The van der Waals surface area contributed by atoms with E-state index in [1.54, 1.807) is 22.4 Å². The van der Waals surface area contributed by atoms with Gasteiger partial charge in [-0.2, -0.15) is 0 Å². The van der Waals surface area contributed by atoms with Gasteiger partial charge in [-0.05, 0) is 26.8 Å². The lowest BCUT2D eigenvalue weighted by molar-refractivity contribution is 0.500. The summed E-state index contributed by atoms with van der Waals surface area (Å²) in [5, 5.41) is 3.18. The molecule has 1 rings (SSSR count). The lowest BCUT2D eigenvalue weighted by Gasteiger charge is -2.09. The Morgan fingerprint density at radius 3 is 2.71 bits per heavy atom. The van der Waals surface area contributed by atoms with E-state index in [1.165, 1.54) is 0 Å². The van der Waals surface area contributed by atoms with Gasteiger partial charge in [0.05, 0.1) is 0 Å². The smallest absolute Gasteiger partial charge is 0.317 e. The molecule has 0 bridgehead atoms. The second-order valence-corrected chi connectivity index (χ2v) is 3.72. The van der Waals surface area contributed by atoms with Crippen LogP contribution in [0.3, 0.4) is 0 Å². The number of nitrogens with zero attached hydrogens (tertiary/aromatic N) is 2. The van der Waals surface area contributed by atoms with E-state index in [4.69, 9.17) is 0 Å². The number of nitrogens with one attached hydrogen (secondary N) is 1. The van der Waals surface area contributed by atoms with E-state index >= 15 is 0 Å². The average Bonchev–Trinajstić information content (AvgIpc) is 2.49. The number of aryl methyl sites for hydroxylation is 2. The molecule has 0 radical (unpaired) electrons. The van der Waals surface area contributed by atoms with Gasteiger partial charge >= 0.3 is 5.69 Å². The molecule has 0 aliphatic heterocycles. The maximum atomic E-state index is 11.4. The molecule has 0 saturated carbocycles. The number of hydrogen-bond acceptors (Lipinski definition) is 2. The third-order valence-corrected chi connectivity index (χ3v) is 2.55. The molecule has 1 atom stereocenters. The third kappa shape index (κ3) is 2.73. The molecule has 4 heteroatoms. The van der Waals surface area contributed by atoms with Gasteiger partial charge in [-0.15, -0.1) is 0 Å². The first-order valence-corrected chi connectivity index (χ1v) is 5.04. The van der Waals surface area contributed by atoms with Crippen LogP contribution in [0.25, 0.3) is 0 Å². The van der Waals surface area contributed by atoms with Crippen LogP contribution in [0.15, 0.2) is 17.2 Å². The van der Waals surface area contributed by atoms with E-state index in [0.717, 1.165) is 19.4 Å². The largest absolute Gasteiger partial charge is 0.327 e. The normalized spacial score (nSPS) is 13.1. The molecule has 80 valence electrons. The first kappa shape index (κ1) is 11.0. The lowest BCUT2D eigenvalue weighted by atomic mass is 10.2. The van der Waals surface area contributed by atoms with Crippen LogP contribution in [0.1, 0.15) is 19.8 Å². The van der Waals surface area contributed by atoms with Gasteiger partial charge in [0.15, 0.2) is 0 Å². The number of hydrogen-bond donors (Lipinski definition) is 1. The van der Waals surface area contributed by atoms with Crippen LogP contribution in [0.5, 0.6) is 0 Å². The van der Waals surface area contributed by atoms with Crippen LogP contribution in [0.2, 0.25) is 0 Å². The Kier molecular flexibility index (Phi) is 3.95. The zero-order valence-corrected chi connectivity index (χ0v) is 9.16. The van der Waals surface area contributed by atoms with Gasteiger partial charge < -0.3 is 9.88 Å². The Balaban J connectivity index is 2.39. The topological polar surface area (TPSA) is 39.0 Å². The van der Waals surface area contributed by atoms with Crippen LogP contribution in [-0.2, 0) is 13.6 Å². The monoisotopic (exact) mass is 197 g/mol. The Morgan fingerprint density at radius 2 is 2.21 bits per heavy atom. The summed E-state index contributed by atoms with van der Waals surface area (Å²) in [5.41, 5.74) is 0.0714.